The molecule has 2 amide bonds. The highest BCUT2D eigenvalue weighted by Crippen LogP contribution is 2.17. The van der Waals surface area contributed by atoms with E-state index in [1.165, 1.54) is 6.08 Å². The number of carbonyl (C=O) groups excluding carboxylic acids is 2. The largest absolute Gasteiger partial charge is 0.497 e. The Bertz CT molecular complexity index is 622. The lowest BCUT2D eigenvalue weighted by Crippen LogP contribution is -2.43. The predicted octanol–water partition coefficient (Wildman–Crippen LogP) is 0.663. The Kier molecular flexibility index (Phi) is 8.11. The molecule has 0 aromatic heterocycles. The van der Waals surface area contributed by atoms with Crippen LogP contribution in [-0.4, -0.2) is 69.8 Å². The Morgan fingerprint density at radius 1 is 1.19 bits per heavy atom. The number of methoxy groups -OCH3 is 1. The summed E-state index contributed by atoms with van der Waals surface area (Å²) in [6.45, 7) is 6.44. The van der Waals surface area contributed by atoms with Gasteiger partial charge in [-0.25, -0.2) is 0 Å². The van der Waals surface area contributed by atoms with Crippen molar-refractivity contribution in [3.63, 3.8) is 0 Å². The van der Waals surface area contributed by atoms with Crippen LogP contribution in [0.5, 0.6) is 5.75 Å². The number of nitrogens with one attached hydrogen (secondary N) is 2. The van der Waals surface area contributed by atoms with Gasteiger partial charge in [0.15, 0.2) is 0 Å². The zero-order valence-corrected chi connectivity index (χ0v) is 15.4. The molecule has 1 saturated heterocycles. The summed E-state index contributed by atoms with van der Waals surface area (Å²) in [5, 5.41) is 5.42. The van der Waals surface area contributed by atoms with E-state index in [0.29, 0.717) is 6.54 Å². The molecule has 7 heteroatoms. The van der Waals surface area contributed by atoms with Crippen LogP contribution in [0.1, 0.15) is 12.5 Å². The number of allylic oxidation sites excluding steroid dienone is 1. The predicted molar refractivity (Wildman–Crippen MR) is 99.9 cm³/mol. The summed E-state index contributed by atoms with van der Waals surface area (Å²) < 4.78 is 10.4. The summed E-state index contributed by atoms with van der Waals surface area (Å²) in [6.07, 6.45) is 1.49. The number of benzene rings is 1. The Hall–Kier alpha value is -2.38. The van der Waals surface area contributed by atoms with E-state index < -0.39 is 0 Å². The highest BCUT2D eigenvalue weighted by atomic mass is 16.5. The van der Waals surface area contributed by atoms with E-state index in [0.717, 1.165) is 49.7 Å². The van der Waals surface area contributed by atoms with E-state index >= 15 is 0 Å². The van der Waals surface area contributed by atoms with Crippen LogP contribution in [-0.2, 0) is 14.3 Å². The molecule has 1 fully saturated rings. The van der Waals surface area contributed by atoms with Gasteiger partial charge in [-0.15, -0.1) is 0 Å². The topological polar surface area (TPSA) is 79.9 Å². The lowest BCUT2D eigenvalue weighted by molar-refractivity contribution is -0.124. The monoisotopic (exact) mass is 361 g/mol. The molecule has 0 radical (unpaired) electrons. The molecule has 0 bridgehead atoms. The minimum Gasteiger partial charge on any atom is -0.497 e. The van der Waals surface area contributed by atoms with Crippen LogP contribution in [0.2, 0.25) is 0 Å². The summed E-state index contributed by atoms with van der Waals surface area (Å²) in [5.74, 6) is 0.281. The Morgan fingerprint density at radius 3 is 2.54 bits per heavy atom. The van der Waals surface area contributed by atoms with Gasteiger partial charge in [0.2, 0.25) is 11.8 Å². The van der Waals surface area contributed by atoms with E-state index in [2.05, 4.69) is 15.5 Å². The number of amides is 2. The van der Waals surface area contributed by atoms with Crippen molar-refractivity contribution in [1.82, 2.24) is 15.5 Å². The molecular formula is C19H27N3O4. The Morgan fingerprint density at radius 2 is 1.88 bits per heavy atom. The second kappa shape index (κ2) is 10.6. The van der Waals surface area contributed by atoms with Crippen molar-refractivity contribution in [2.45, 2.75) is 6.92 Å². The number of hydrogen-bond donors (Lipinski definition) is 2. The van der Waals surface area contributed by atoms with E-state index in [1.54, 1.807) is 7.11 Å². The minimum atomic E-state index is -0.290. The Balaban J connectivity index is 1.68. The van der Waals surface area contributed by atoms with E-state index in [1.807, 2.05) is 31.2 Å². The minimum absolute atomic E-state index is 0.0334. The van der Waals surface area contributed by atoms with Crippen LogP contribution in [0.25, 0.3) is 5.57 Å². The number of nitrogens with zero attached hydrogens (tertiary/aromatic N) is 1. The summed E-state index contributed by atoms with van der Waals surface area (Å²) in [4.78, 5) is 26.0. The fourth-order valence-corrected chi connectivity index (χ4v) is 2.59. The van der Waals surface area contributed by atoms with Crippen LogP contribution >= 0.6 is 0 Å². The van der Waals surface area contributed by atoms with E-state index in [-0.39, 0.29) is 18.4 Å². The normalized spacial score (nSPS) is 15.4. The van der Waals surface area contributed by atoms with Crippen LogP contribution in [0, 0.1) is 0 Å². The smallest absolute Gasteiger partial charge is 0.244 e. The molecular weight excluding hydrogens is 334 g/mol. The molecule has 142 valence electrons. The summed E-state index contributed by atoms with van der Waals surface area (Å²) in [5.41, 5.74) is 1.74. The standard InChI is InChI=1S/C19H27N3O4/c1-15(16-3-5-17(25-2)6-4-16)13-18(23)21-14-19(24)20-7-8-22-9-11-26-12-10-22/h3-6,13H,7-12,14H2,1-2H3,(H,20,24)(H,21,23)/b15-13+. The lowest BCUT2D eigenvalue weighted by Gasteiger charge is -2.26. The van der Waals surface area contributed by atoms with Gasteiger partial charge >= 0.3 is 0 Å². The fourth-order valence-electron chi connectivity index (χ4n) is 2.59. The second-order valence-electron chi connectivity index (χ2n) is 6.08. The third-order valence-corrected chi connectivity index (χ3v) is 4.17. The van der Waals surface area contributed by atoms with Crippen molar-refractivity contribution in [3.05, 3.63) is 35.9 Å². The molecule has 0 spiro atoms. The third-order valence-electron chi connectivity index (χ3n) is 4.17. The lowest BCUT2D eigenvalue weighted by atomic mass is 10.1. The maximum Gasteiger partial charge on any atom is 0.244 e. The van der Waals surface area contributed by atoms with Crippen molar-refractivity contribution in [2.75, 3.05) is 53.0 Å². The summed E-state index contributed by atoms with van der Waals surface area (Å²) >= 11 is 0. The first-order chi connectivity index (χ1) is 12.6. The van der Waals surface area contributed by atoms with E-state index in [9.17, 15) is 9.59 Å². The first-order valence-electron chi connectivity index (χ1n) is 8.76. The quantitative estimate of drug-likeness (QED) is 0.665. The van der Waals surface area contributed by atoms with Crippen molar-refractivity contribution >= 4 is 17.4 Å². The second-order valence-corrected chi connectivity index (χ2v) is 6.08. The summed E-state index contributed by atoms with van der Waals surface area (Å²) in [7, 11) is 1.61. The van der Waals surface area contributed by atoms with Gasteiger partial charge in [0.1, 0.15) is 5.75 Å². The van der Waals surface area contributed by atoms with Gasteiger partial charge in [0.25, 0.3) is 0 Å². The molecule has 1 heterocycles. The van der Waals surface area contributed by atoms with Gasteiger partial charge in [-0.05, 0) is 30.2 Å². The SMILES string of the molecule is COc1ccc(/C(C)=C/C(=O)NCC(=O)NCCN2CCOCC2)cc1. The van der Waals surface area contributed by atoms with Crippen molar-refractivity contribution < 1.29 is 19.1 Å². The zero-order valence-electron chi connectivity index (χ0n) is 15.4. The number of morpholine rings is 1. The highest BCUT2D eigenvalue weighted by molar-refractivity contribution is 5.96. The summed E-state index contributed by atoms with van der Waals surface area (Å²) in [6, 6.07) is 7.45. The van der Waals surface area contributed by atoms with Crippen LogP contribution in [0.4, 0.5) is 0 Å². The van der Waals surface area contributed by atoms with Gasteiger partial charge < -0.3 is 20.1 Å². The van der Waals surface area contributed by atoms with Crippen LogP contribution in [0.3, 0.4) is 0 Å². The molecule has 1 aromatic carbocycles. The van der Waals surface area contributed by atoms with Gasteiger partial charge in [0, 0.05) is 32.3 Å². The molecule has 0 unspecified atom stereocenters. The first kappa shape index (κ1) is 19.9. The molecule has 0 saturated carbocycles. The van der Waals surface area contributed by atoms with Crippen molar-refractivity contribution in [2.24, 2.45) is 0 Å². The average molecular weight is 361 g/mol. The number of rotatable bonds is 8. The first-order valence-corrected chi connectivity index (χ1v) is 8.76. The van der Waals surface area contributed by atoms with Gasteiger partial charge in [-0.1, -0.05) is 12.1 Å². The molecule has 2 rings (SSSR count). The van der Waals surface area contributed by atoms with Crippen LogP contribution < -0.4 is 15.4 Å². The number of hydrogen-bond acceptors (Lipinski definition) is 5. The van der Waals surface area contributed by atoms with Crippen molar-refractivity contribution in [3.8, 4) is 5.75 Å². The maximum atomic E-state index is 12.0. The average Bonchev–Trinajstić information content (AvgIpc) is 2.67. The molecule has 1 aromatic rings. The van der Waals surface area contributed by atoms with Gasteiger partial charge in [-0.2, -0.15) is 0 Å². The number of carbonyl (C=O) groups is 2. The maximum absolute atomic E-state index is 12.0. The molecule has 2 N–H and O–H groups in total. The Labute approximate surface area is 154 Å². The molecule has 0 aliphatic carbocycles. The molecule has 1 aliphatic heterocycles. The molecule has 7 nitrogen and oxygen atoms in total. The molecule has 1 aliphatic rings. The number of ether oxygens (including phenoxy) is 2. The fraction of sp³-hybridized carbons (Fsp3) is 0.474. The zero-order chi connectivity index (χ0) is 18.8. The molecule has 0 atom stereocenters. The van der Waals surface area contributed by atoms with E-state index in [4.69, 9.17) is 9.47 Å². The van der Waals surface area contributed by atoms with Crippen molar-refractivity contribution in [1.29, 1.82) is 0 Å². The molecule has 26 heavy (non-hydrogen) atoms. The highest BCUT2D eigenvalue weighted by Gasteiger charge is 2.10. The van der Waals surface area contributed by atoms with Crippen LogP contribution in [0.15, 0.2) is 30.3 Å². The van der Waals surface area contributed by atoms with Gasteiger partial charge in [0.05, 0.1) is 26.9 Å². The van der Waals surface area contributed by atoms with Gasteiger partial charge in [-0.3, -0.25) is 14.5 Å². The third kappa shape index (κ3) is 6.85.